The predicted molar refractivity (Wildman–Crippen MR) is 82.4 cm³/mol. The van der Waals surface area contributed by atoms with Gasteiger partial charge < -0.3 is 15.0 Å². The lowest BCUT2D eigenvalue weighted by molar-refractivity contribution is 0.227. The van der Waals surface area contributed by atoms with Crippen LogP contribution in [0.1, 0.15) is 17.3 Å². The lowest BCUT2D eigenvalue weighted by Crippen LogP contribution is -2.24. The minimum atomic E-state index is 0. The Hall–Kier alpha value is -1.63. The third kappa shape index (κ3) is 5.34. The van der Waals surface area contributed by atoms with Crippen molar-refractivity contribution in [3.63, 3.8) is 0 Å². The van der Waals surface area contributed by atoms with Crippen LogP contribution in [0, 0.1) is 6.92 Å². The number of likely N-dealkylation sites (N-methyl/N-ethyl adjacent to an activating group) is 1. The molecule has 0 fully saturated rings. The monoisotopic (exact) mass is 312 g/mol. The van der Waals surface area contributed by atoms with Gasteiger partial charge in [0.2, 0.25) is 5.89 Å². The molecule has 0 bridgehead atoms. The smallest absolute Gasteiger partial charge is 0.240 e. The predicted octanol–water partition coefficient (Wildman–Crippen LogP) is 1.77. The fourth-order valence-electron chi connectivity index (χ4n) is 1.79. The topological polar surface area (TPSA) is 77.4 Å². The number of hydrogen-bond acceptors (Lipinski definition) is 6. The second-order valence-electron chi connectivity index (χ2n) is 4.66. The Bertz CT molecular complexity index is 547. The van der Waals surface area contributed by atoms with Gasteiger partial charge in [-0.15, -0.1) is 12.4 Å². The Kier molecular flexibility index (Phi) is 7.14. The highest BCUT2D eigenvalue weighted by atomic mass is 35.5. The molecule has 116 valence electrons. The zero-order valence-corrected chi connectivity index (χ0v) is 13.1. The molecular formula is C14H21ClN4O2. The Morgan fingerprint density at radius 2 is 2.10 bits per heavy atom. The first kappa shape index (κ1) is 17.4. The number of nitrogens with zero attached hydrogens (tertiary/aromatic N) is 3. The molecule has 0 atom stereocenters. The van der Waals surface area contributed by atoms with Crippen LogP contribution in [-0.2, 0) is 13.1 Å². The molecule has 0 aliphatic carbocycles. The highest BCUT2D eigenvalue weighted by Crippen LogP contribution is 2.15. The Morgan fingerprint density at radius 1 is 1.33 bits per heavy atom. The number of benzene rings is 1. The van der Waals surface area contributed by atoms with E-state index in [0.29, 0.717) is 24.9 Å². The zero-order chi connectivity index (χ0) is 14.4. The van der Waals surface area contributed by atoms with E-state index in [-0.39, 0.29) is 19.0 Å². The highest BCUT2D eigenvalue weighted by molar-refractivity contribution is 5.85. The standard InChI is InChI=1S/C14H20N4O2.ClH/c1-11-5-3-4-6-12(11)19-8-7-18(2)10-13-16-14(9-15)20-17-13;/h3-6H,7-10,15H2,1-2H3;1H. The Morgan fingerprint density at radius 3 is 2.76 bits per heavy atom. The van der Waals surface area contributed by atoms with E-state index in [9.17, 15) is 0 Å². The molecule has 6 nitrogen and oxygen atoms in total. The SMILES string of the molecule is Cc1ccccc1OCCN(C)Cc1noc(CN)n1.Cl. The molecule has 0 amide bonds. The molecule has 0 aliphatic rings. The van der Waals surface area contributed by atoms with Crippen LogP contribution in [0.25, 0.3) is 0 Å². The van der Waals surface area contributed by atoms with Crippen LogP contribution in [0.15, 0.2) is 28.8 Å². The van der Waals surface area contributed by atoms with E-state index in [1.165, 1.54) is 0 Å². The van der Waals surface area contributed by atoms with Gasteiger partial charge in [0.1, 0.15) is 12.4 Å². The van der Waals surface area contributed by atoms with Crippen molar-refractivity contribution in [1.29, 1.82) is 0 Å². The van der Waals surface area contributed by atoms with Crippen LogP contribution in [0.5, 0.6) is 5.75 Å². The van der Waals surface area contributed by atoms with Crippen molar-refractivity contribution >= 4 is 12.4 Å². The molecule has 1 aromatic carbocycles. The van der Waals surface area contributed by atoms with Gasteiger partial charge in [0, 0.05) is 6.54 Å². The van der Waals surface area contributed by atoms with Gasteiger partial charge in [0.05, 0.1) is 13.1 Å². The van der Waals surface area contributed by atoms with Crippen molar-refractivity contribution in [1.82, 2.24) is 15.0 Å². The molecule has 0 radical (unpaired) electrons. The fourth-order valence-corrected chi connectivity index (χ4v) is 1.79. The second-order valence-corrected chi connectivity index (χ2v) is 4.66. The molecule has 0 saturated heterocycles. The molecule has 0 saturated carbocycles. The number of ether oxygens (including phenoxy) is 1. The lowest BCUT2D eigenvalue weighted by atomic mass is 10.2. The summed E-state index contributed by atoms with van der Waals surface area (Å²) in [6.07, 6.45) is 0. The summed E-state index contributed by atoms with van der Waals surface area (Å²) in [4.78, 5) is 6.24. The summed E-state index contributed by atoms with van der Waals surface area (Å²) in [5.74, 6) is 2.03. The maximum atomic E-state index is 5.75. The number of hydrogen-bond donors (Lipinski definition) is 1. The van der Waals surface area contributed by atoms with Gasteiger partial charge in [0.15, 0.2) is 5.82 Å². The average Bonchev–Trinajstić information content (AvgIpc) is 2.88. The molecule has 0 unspecified atom stereocenters. The lowest BCUT2D eigenvalue weighted by Gasteiger charge is -2.15. The molecule has 1 aromatic heterocycles. The van der Waals surface area contributed by atoms with Crippen LogP contribution in [0.3, 0.4) is 0 Å². The van der Waals surface area contributed by atoms with Crippen LogP contribution >= 0.6 is 12.4 Å². The third-order valence-electron chi connectivity index (χ3n) is 2.92. The Labute approximate surface area is 130 Å². The third-order valence-corrected chi connectivity index (χ3v) is 2.92. The number of rotatable bonds is 7. The summed E-state index contributed by atoms with van der Waals surface area (Å²) >= 11 is 0. The van der Waals surface area contributed by atoms with Crippen LogP contribution < -0.4 is 10.5 Å². The summed E-state index contributed by atoms with van der Waals surface area (Å²) < 4.78 is 10.7. The van der Waals surface area contributed by atoms with Crippen molar-refractivity contribution in [3.05, 3.63) is 41.5 Å². The first-order valence-electron chi connectivity index (χ1n) is 6.57. The largest absolute Gasteiger partial charge is 0.492 e. The minimum Gasteiger partial charge on any atom is -0.492 e. The number of para-hydroxylation sites is 1. The second kappa shape index (κ2) is 8.61. The number of nitrogens with two attached hydrogens (primary N) is 1. The van der Waals surface area contributed by atoms with Crippen LogP contribution in [0.2, 0.25) is 0 Å². The summed E-state index contributed by atoms with van der Waals surface area (Å²) in [7, 11) is 1.99. The van der Waals surface area contributed by atoms with E-state index in [4.69, 9.17) is 15.0 Å². The van der Waals surface area contributed by atoms with E-state index < -0.39 is 0 Å². The van der Waals surface area contributed by atoms with E-state index in [2.05, 4.69) is 15.0 Å². The first-order valence-corrected chi connectivity index (χ1v) is 6.57. The summed E-state index contributed by atoms with van der Waals surface area (Å²) in [5.41, 5.74) is 6.56. The van der Waals surface area contributed by atoms with Gasteiger partial charge in [-0.05, 0) is 25.6 Å². The van der Waals surface area contributed by atoms with Gasteiger partial charge >= 0.3 is 0 Å². The number of aryl methyl sites for hydroxylation is 1. The van der Waals surface area contributed by atoms with Crippen molar-refractivity contribution in [3.8, 4) is 5.75 Å². The van der Waals surface area contributed by atoms with E-state index >= 15 is 0 Å². The quantitative estimate of drug-likeness (QED) is 0.839. The zero-order valence-electron chi connectivity index (χ0n) is 12.3. The normalized spacial score (nSPS) is 10.5. The fraction of sp³-hybridized carbons (Fsp3) is 0.429. The van der Waals surface area contributed by atoms with E-state index in [0.717, 1.165) is 17.9 Å². The molecule has 2 aromatic rings. The summed E-state index contributed by atoms with van der Waals surface area (Å²) in [5, 5.41) is 3.86. The number of aromatic nitrogens is 2. The first-order chi connectivity index (χ1) is 9.69. The highest BCUT2D eigenvalue weighted by Gasteiger charge is 2.08. The molecule has 21 heavy (non-hydrogen) atoms. The molecule has 1 heterocycles. The van der Waals surface area contributed by atoms with E-state index in [1.54, 1.807) is 0 Å². The van der Waals surface area contributed by atoms with Crippen LogP contribution in [0.4, 0.5) is 0 Å². The number of halogens is 1. The summed E-state index contributed by atoms with van der Waals surface area (Å²) in [6, 6.07) is 7.98. The minimum absolute atomic E-state index is 0. The Balaban J connectivity index is 0.00000220. The van der Waals surface area contributed by atoms with E-state index in [1.807, 2.05) is 38.2 Å². The van der Waals surface area contributed by atoms with Gasteiger partial charge in [0.25, 0.3) is 0 Å². The van der Waals surface area contributed by atoms with Gasteiger partial charge in [-0.25, -0.2) is 0 Å². The summed E-state index contributed by atoms with van der Waals surface area (Å²) in [6.45, 7) is 4.31. The van der Waals surface area contributed by atoms with Crippen molar-refractivity contribution in [2.45, 2.75) is 20.0 Å². The van der Waals surface area contributed by atoms with Gasteiger partial charge in [-0.1, -0.05) is 23.4 Å². The molecule has 0 aliphatic heterocycles. The average molecular weight is 313 g/mol. The maximum Gasteiger partial charge on any atom is 0.240 e. The van der Waals surface area contributed by atoms with Gasteiger partial charge in [-0.2, -0.15) is 4.98 Å². The molecule has 0 spiro atoms. The van der Waals surface area contributed by atoms with Crippen LogP contribution in [-0.4, -0.2) is 35.2 Å². The van der Waals surface area contributed by atoms with Crippen molar-refractivity contribution in [2.75, 3.05) is 20.2 Å². The van der Waals surface area contributed by atoms with Crippen molar-refractivity contribution < 1.29 is 9.26 Å². The molecule has 2 rings (SSSR count). The molecule has 7 heteroatoms. The maximum absolute atomic E-state index is 5.75. The molecular weight excluding hydrogens is 292 g/mol. The van der Waals surface area contributed by atoms with Gasteiger partial charge in [-0.3, -0.25) is 4.90 Å². The molecule has 2 N–H and O–H groups in total. The van der Waals surface area contributed by atoms with Crippen molar-refractivity contribution in [2.24, 2.45) is 5.73 Å².